The highest BCUT2D eigenvalue weighted by Gasteiger charge is 2.06. The molecule has 0 amide bonds. The lowest BCUT2D eigenvalue weighted by molar-refractivity contribution is 0.477. The van der Waals surface area contributed by atoms with E-state index >= 15 is 0 Å². The summed E-state index contributed by atoms with van der Waals surface area (Å²) >= 11 is 0. The Morgan fingerprint density at radius 1 is 1.38 bits per heavy atom. The van der Waals surface area contributed by atoms with E-state index in [1.165, 1.54) is 5.69 Å². The molecule has 0 aliphatic rings. The predicted molar refractivity (Wildman–Crippen MR) is 54.0 cm³/mol. The summed E-state index contributed by atoms with van der Waals surface area (Å²) in [6.45, 7) is 5.04. The second kappa shape index (κ2) is 2.80. The van der Waals surface area contributed by atoms with E-state index in [2.05, 4.69) is 24.5 Å². The minimum atomic E-state index is 0.368. The zero-order chi connectivity index (χ0) is 9.42. The molecule has 1 aromatic carbocycles. The molecule has 0 bridgehead atoms. The Kier molecular flexibility index (Phi) is 1.76. The molecule has 0 aliphatic heterocycles. The van der Waals surface area contributed by atoms with Crippen molar-refractivity contribution in [1.29, 1.82) is 0 Å². The van der Waals surface area contributed by atoms with Crippen LogP contribution in [0.25, 0.3) is 10.9 Å². The number of aromatic nitrogens is 1. The lowest BCUT2D eigenvalue weighted by atomic mass is 10.2. The molecule has 0 unspecified atom stereocenters. The minimum absolute atomic E-state index is 0.368. The van der Waals surface area contributed by atoms with Crippen LogP contribution in [0, 0.1) is 6.92 Å². The molecule has 1 N–H and O–H groups in total. The summed E-state index contributed by atoms with van der Waals surface area (Å²) < 4.78 is 2.12. The van der Waals surface area contributed by atoms with Crippen LogP contribution >= 0.6 is 0 Å². The number of phenolic OH excluding ortho intramolecular Hbond substituents is 1. The lowest BCUT2D eigenvalue weighted by Crippen LogP contribution is -1.95. The number of aromatic hydroxyl groups is 1. The highest BCUT2D eigenvalue weighted by molar-refractivity contribution is 5.86. The Balaban J connectivity index is 2.88. The van der Waals surface area contributed by atoms with Crippen molar-refractivity contribution in [3.05, 3.63) is 30.0 Å². The fourth-order valence-corrected chi connectivity index (χ4v) is 1.85. The van der Waals surface area contributed by atoms with Gasteiger partial charge in [-0.15, -0.1) is 0 Å². The van der Waals surface area contributed by atoms with E-state index < -0.39 is 0 Å². The molecule has 1 aromatic heterocycles. The first-order valence-electron chi connectivity index (χ1n) is 4.52. The summed E-state index contributed by atoms with van der Waals surface area (Å²) in [5.74, 6) is 0.368. The summed E-state index contributed by atoms with van der Waals surface area (Å²) in [5, 5.41) is 10.8. The van der Waals surface area contributed by atoms with Gasteiger partial charge in [0, 0.05) is 17.6 Å². The van der Waals surface area contributed by atoms with Crippen molar-refractivity contribution in [1.82, 2.24) is 4.57 Å². The van der Waals surface area contributed by atoms with Crippen LogP contribution in [0.2, 0.25) is 0 Å². The average molecular weight is 175 g/mol. The average Bonchev–Trinajstić information content (AvgIpc) is 2.42. The molecule has 0 spiro atoms. The van der Waals surface area contributed by atoms with E-state index in [1.54, 1.807) is 6.07 Å². The molecule has 13 heavy (non-hydrogen) atoms. The largest absolute Gasteiger partial charge is 0.506 e. The fraction of sp³-hybridized carbons (Fsp3) is 0.273. The number of aryl methyl sites for hydroxylation is 2. The number of benzene rings is 1. The van der Waals surface area contributed by atoms with Crippen molar-refractivity contribution < 1.29 is 5.11 Å². The van der Waals surface area contributed by atoms with Crippen molar-refractivity contribution >= 4 is 10.9 Å². The molecule has 0 saturated heterocycles. The first-order valence-corrected chi connectivity index (χ1v) is 4.52. The van der Waals surface area contributed by atoms with Gasteiger partial charge < -0.3 is 9.67 Å². The van der Waals surface area contributed by atoms with Gasteiger partial charge >= 0.3 is 0 Å². The van der Waals surface area contributed by atoms with Crippen molar-refractivity contribution in [2.45, 2.75) is 20.4 Å². The van der Waals surface area contributed by atoms with E-state index in [0.717, 1.165) is 17.4 Å². The zero-order valence-electron chi connectivity index (χ0n) is 7.91. The molecule has 1 heterocycles. The van der Waals surface area contributed by atoms with Crippen LogP contribution in [0.1, 0.15) is 12.6 Å². The molecular formula is C11H13NO. The number of para-hydroxylation sites is 1. The van der Waals surface area contributed by atoms with Crippen LogP contribution in [-0.2, 0) is 6.54 Å². The van der Waals surface area contributed by atoms with Gasteiger partial charge in [0.05, 0.1) is 5.52 Å². The van der Waals surface area contributed by atoms with E-state index in [-0.39, 0.29) is 0 Å². The molecule has 0 aliphatic carbocycles. The number of nitrogens with zero attached hydrogens (tertiary/aromatic N) is 1. The third kappa shape index (κ3) is 1.10. The van der Waals surface area contributed by atoms with Gasteiger partial charge in [0.1, 0.15) is 5.75 Å². The Labute approximate surface area is 77.4 Å². The molecular weight excluding hydrogens is 162 g/mol. The van der Waals surface area contributed by atoms with E-state index in [4.69, 9.17) is 0 Å². The topological polar surface area (TPSA) is 25.2 Å². The van der Waals surface area contributed by atoms with Crippen molar-refractivity contribution in [2.75, 3.05) is 0 Å². The van der Waals surface area contributed by atoms with Gasteiger partial charge in [0.15, 0.2) is 0 Å². The Hall–Kier alpha value is -1.44. The minimum Gasteiger partial charge on any atom is -0.506 e. The lowest BCUT2D eigenvalue weighted by Gasteiger charge is -2.04. The quantitative estimate of drug-likeness (QED) is 0.708. The first-order chi connectivity index (χ1) is 6.24. The van der Waals surface area contributed by atoms with E-state index in [0.29, 0.717) is 5.75 Å². The summed E-state index contributed by atoms with van der Waals surface area (Å²) in [5.41, 5.74) is 2.14. The maximum atomic E-state index is 9.68. The molecule has 2 aromatic rings. The third-order valence-corrected chi connectivity index (χ3v) is 2.42. The highest BCUT2D eigenvalue weighted by atomic mass is 16.3. The highest BCUT2D eigenvalue weighted by Crippen LogP contribution is 2.27. The normalized spacial score (nSPS) is 10.9. The van der Waals surface area contributed by atoms with E-state index in [1.807, 2.05) is 12.1 Å². The number of phenols is 1. The molecule has 0 fully saturated rings. The van der Waals surface area contributed by atoms with Gasteiger partial charge in [-0.3, -0.25) is 0 Å². The Morgan fingerprint density at radius 3 is 2.85 bits per heavy atom. The van der Waals surface area contributed by atoms with Gasteiger partial charge in [0.2, 0.25) is 0 Å². The van der Waals surface area contributed by atoms with Crippen LogP contribution in [0.4, 0.5) is 0 Å². The summed E-state index contributed by atoms with van der Waals surface area (Å²) in [4.78, 5) is 0. The number of hydrogen-bond donors (Lipinski definition) is 1. The SMILES string of the molecule is CCn1c(C)cc2cccc(O)c21. The molecule has 0 atom stereocenters. The van der Waals surface area contributed by atoms with Crippen LogP contribution in [-0.4, -0.2) is 9.67 Å². The molecule has 2 nitrogen and oxygen atoms in total. The van der Waals surface area contributed by atoms with Gasteiger partial charge in [-0.2, -0.15) is 0 Å². The Bertz CT molecular complexity index is 443. The van der Waals surface area contributed by atoms with Crippen molar-refractivity contribution in [2.24, 2.45) is 0 Å². The maximum Gasteiger partial charge on any atom is 0.139 e. The Morgan fingerprint density at radius 2 is 2.15 bits per heavy atom. The maximum absolute atomic E-state index is 9.68. The predicted octanol–water partition coefficient (Wildman–Crippen LogP) is 2.68. The molecule has 2 rings (SSSR count). The van der Waals surface area contributed by atoms with Crippen LogP contribution < -0.4 is 0 Å². The number of fused-ring (bicyclic) bond motifs is 1. The smallest absolute Gasteiger partial charge is 0.139 e. The fourth-order valence-electron chi connectivity index (χ4n) is 1.85. The van der Waals surface area contributed by atoms with E-state index in [9.17, 15) is 5.11 Å². The summed E-state index contributed by atoms with van der Waals surface area (Å²) in [6.07, 6.45) is 0. The summed E-state index contributed by atoms with van der Waals surface area (Å²) in [7, 11) is 0. The van der Waals surface area contributed by atoms with Crippen LogP contribution in [0.15, 0.2) is 24.3 Å². The van der Waals surface area contributed by atoms with Crippen LogP contribution in [0.5, 0.6) is 5.75 Å². The third-order valence-electron chi connectivity index (χ3n) is 2.42. The molecule has 68 valence electrons. The second-order valence-electron chi connectivity index (χ2n) is 3.24. The summed E-state index contributed by atoms with van der Waals surface area (Å²) in [6, 6.07) is 7.72. The number of rotatable bonds is 1. The number of hydrogen-bond acceptors (Lipinski definition) is 1. The first kappa shape index (κ1) is 8.17. The molecule has 0 radical (unpaired) electrons. The van der Waals surface area contributed by atoms with Gasteiger partial charge in [-0.05, 0) is 26.0 Å². The van der Waals surface area contributed by atoms with Crippen molar-refractivity contribution in [3.8, 4) is 5.75 Å². The zero-order valence-corrected chi connectivity index (χ0v) is 7.91. The molecule has 2 heteroatoms. The monoisotopic (exact) mass is 175 g/mol. The van der Waals surface area contributed by atoms with Crippen molar-refractivity contribution in [3.63, 3.8) is 0 Å². The van der Waals surface area contributed by atoms with Gasteiger partial charge in [0.25, 0.3) is 0 Å². The van der Waals surface area contributed by atoms with Crippen LogP contribution in [0.3, 0.4) is 0 Å². The standard InChI is InChI=1S/C11H13NO/c1-3-12-8(2)7-9-5-4-6-10(13)11(9)12/h4-7,13H,3H2,1-2H3. The molecule has 0 saturated carbocycles. The van der Waals surface area contributed by atoms with Gasteiger partial charge in [-0.25, -0.2) is 0 Å². The van der Waals surface area contributed by atoms with Gasteiger partial charge in [-0.1, -0.05) is 12.1 Å². The second-order valence-corrected chi connectivity index (χ2v) is 3.24.